The summed E-state index contributed by atoms with van der Waals surface area (Å²) in [5.41, 5.74) is 1.56. The quantitative estimate of drug-likeness (QED) is 0.608. The molecule has 0 aliphatic carbocycles. The standard InChI is InChI=1S/C19H17BrN2O2S/c20-15-8-2-1-7-14(15)18(23)22(12-13-6-5-11-24-13)19-21-16-9-3-4-10-17(16)25-19/h1-4,7-10,13H,5-6,11-12H2. The van der Waals surface area contributed by atoms with Crippen molar-refractivity contribution in [2.45, 2.75) is 18.9 Å². The summed E-state index contributed by atoms with van der Waals surface area (Å²) in [7, 11) is 0. The summed E-state index contributed by atoms with van der Waals surface area (Å²) in [5, 5.41) is 0.720. The first-order valence-electron chi connectivity index (χ1n) is 8.26. The summed E-state index contributed by atoms with van der Waals surface area (Å²) in [6, 6.07) is 15.5. The van der Waals surface area contributed by atoms with Crippen LogP contribution in [0, 0.1) is 0 Å². The Morgan fingerprint density at radius 1 is 1.24 bits per heavy atom. The number of anilines is 1. The van der Waals surface area contributed by atoms with E-state index in [9.17, 15) is 4.79 Å². The SMILES string of the molecule is O=C(c1ccccc1Br)N(CC1CCCO1)c1nc2ccccc2s1. The molecule has 1 aliphatic rings. The molecule has 4 rings (SSSR count). The van der Waals surface area contributed by atoms with E-state index in [2.05, 4.69) is 20.9 Å². The molecule has 128 valence electrons. The van der Waals surface area contributed by atoms with Crippen LogP contribution in [0.4, 0.5) is 5.13 Å². The van der Waals surface area contributed by atoms with E-state index in [-0.39, 0.29) is 12.0 Å². The van der Waals surface area contributed by atoms with Gasteiger partial charge in [-0.2, -0.15) is 0 Å². The predicted octanol–water partition coefficient (Wildman–Crippen LogP) is 4.88. The molecule has 1 saturated heterocycles. The van der Waals surface area contributed by atoms with Crippen LogP contribution < -0.4 is 4.90 Å². The Labute approximate surface area is 158 Å². The van der Waals surface area contributed by atoms with E-state index >= 15 is 0 Å². The average Bonchev–Trinajstić information content (AvgIpc) is 3.28. The molecule has 6 heteroatoms. The van der Waals surface area contributed by atoms with E-state index in [1.807, 2.05) is 48.5 Å². The Balaban J connectivity index is 1.72. The molecule has 0 bridgehead atoms. The number of ether oxygens (including phenoxy) is 1. The Morgan fingerprint density at radius 3 is 2.80 bits per heavy atom. The van der Waals surface area contributed by atoms with Crippen molar-refractivity contribution in [3.05, 3.63) is 58.6 Å². The van der Waals surface area contributed by atoms with Gasteiger partial charge in [0.05, 0.1) is 28.4 Å². The molecule has 1 atom stereocenters. The highest BCUT2D eigenvalue weighted by molar-refractivity contribution is 9.10. The normalized spacial score (nSPS) is 17.1. The fourth-order valence-electron chi connectivity index (χ4n) is 3.00. The lowest BCUT2D eigenvalue weighted by atomic mass is 10.2. The molecule has 0 spiro atoms. The van der Waals surface area contributed by atoms with Crippen LogP contribution in [0.5, 0.6) is 0 Å². The molecule has 25 heavy (non-hydrogen) atoms. The van der Waals surface area contributed by atoms with E-state index in [4.69, 9.17) is 4.74 Å². The second-order valence-electron chi connectivity index (χ2n) is 5.99. The number of carbonyl (C=O) groups excluding carboxylic acids is 1. The van der Waals surface area contributed by atoms with Crippen LogP contribution in [0.15, 0.2) is 53.0 Å². The van der Waals surface area contributed by atoms with Gasteiger partial charge in [-0.15, -0.1) is 0 Å². The molecular formula is C19H17BrN2O2S. The Kier molecular flexibility index (Phi) is 4.83. The van der Waals surface area contributed by atoms with Crippen LogP contribution in [0.1, 0.15) is 23.2 Å². The summed E-state index contributed by atoms with van der Waals surface area (Å²) in [6.45, 7) is 1.29. The first kappa shape index (κ1) is 16.7. The van der Waals surface area contributed by atoms with Crippen molar-refractivity contribution >= 4 is 48.5 Å². The van der Waals surface area contributed by atoms with Crippen LogP contribution in [-0.4, -0.2) is 30.1 Å². The Hall–Kier alpha value is -1.76. The highest BCUT2D eigenvalue weighted by atomic mass is 79.9. The maximum absolute atomic E-state index is 13.2. The third-order valence-electron chi connectivity index (χ3n) is 4.27. The predicted molar refractivity (Wildman–Crippen MR) is 104 cm³/mol. The van der Waals surface area contributed by atoms with Gasteiger partial charge in [0.15, 0.2) is 5.13 Å². The van der Waals surface area contributed by atoms with Crippen molar-refractivity contribution < 1.29 is 9.53 Å². The lowest BCUT2D eigenvalue weighted by Gasteiger charge is -2.23. The molecule has 2 aromatic carbocycles. The third-order valence-corrected chi connectivity index (χ3v) is 6.02. The van der Waals surface area contributed by atoms with Crippen molar-refractivity contribution in [3.63, 3.8) is 0 Å². The number of hydrogen-bond acceptors (Lipinski definition) is 4. The molecule has 3 aromatic rings. The smallest absolute Gasteiger partial charge is 0.261 e. The minimum Gasteiger partial charge on any atom is -0.376 e. The summed E-state index contributed by atoms with van der Waals surface area (Å²) in [5.74, 6) is -0.0537. The van der Waals surface area contributed by atoms with E-state index in [1.54, 1.807) is 16.2 Å². The number of thiazole rings is 1. The maximum Gasteiger partial charge on any atom is 0.261 e. The fourth-order valence-corrected chi connectivity index (χ4v) is 4.42. The molecule has 0 saturated carbocycles. The Bertz CT molecular complexity index is 872. The minimum absolute atomic E-state index is 0.0537. The van der Waals surface area contributed by atoms with Crippen LogP contribution in [0.3, 0.4) is 0 Å². The van der Waals surface area contributed by atoms with Gasteiger partial charge in [-0.25, -0.2) is 4.98 Å². The molecule has 2 heterocycles. The number of carbonyl (C=O) groups is 1. The number of halogens is 1. The zero-order valence-corrected chi connectivity index (χ0v) is 15.9. The molecule has 1 fully saturated rings. The first-order chi connectivity index (χ1) is 12.2. The third kappa shape index (κ3) is 3.47. The average molecular weight is 417 g/mol. The highest BCUT2D eigenvalue weighted by Crippen LogP contribution is 2.31. The number of fused-ring (bicyclic) bond motifs is 1. The molecule has 1 unspecified atom stereocenters. The monoisotopic (exact) mass is 416 g/mol. The van der Waals surface area contributed by atoms with E-state index in [0.717, 1.165) is 39.3 Å². The van der Waals surface area contributed by atoms with Crippen molar-refractivity contribution in [1.29, 1.82) is 0 Å². The highest BCUT2D eigenvalue weighted by Gasteiger charge is 2.27. The molecular weight excluding hydrogens is 400 g/mol. The second kappa shape index (κ2) is 7.23. The van der Waals surface area contributed by atoms with Crippen LogP contribution >= 0.6 is 27.3 Å². The van der Waals surface area contributed by atoms with Gasteiger partial charge >= 0.3 is 0 Å². The number of para-hydroxylation sites is 1. The fraction of sp³-hybridized carbons (Fsp3) is 0.263. The van der Waals surface area contributed by atoms with Crippen molar-refractivity contribution in [3.8, 4) is 0 Å². The maximum atomic E-state index is 13.2. The largest absolute Gasteiger partial charge is 0.376 e. The van der Waals surface area contributed by atoms with Gasteiger partial charge < -0.3 is 4.74 Å². The molecule has 1 aliphatic heterocycles. The van der Waals surface area contributed by atoms with Crippen molar-refractivity contribution in [2.24, 2.45) is 0 Å². The van der Waals surface area contributed by atoms with Gasteiger partial charge in [0.1, 0.15) is 0 Å². The van der Waals surface area contributed by atoms with Crippen molar-refractivity contribution in [1.82, 2.24) is 4.98 Å². The van der Waals surface area contributed by atoms with Gasteiger partial charge in [0.25, 0.3) is 5.91 Å². The summed E-state index contributed by atoms with van der Waals surface area (Å²) < 4.78 is 7.64. The summed E-state index contributed by atoms with van der Waals surface area (Å²) >= 11 is 5.03. The van der Waals surface area contributed by atoms with E-state index in [0.29, 0.717) is 12.1 Å². The number of nitrogens with zero attached hydrogens (tertiary/aromatic N) is 2. The number of benzene rings is 2. The number of amides is 1. The molecule has 1 aromatic heterocycles. The summed E-state index contributed by atoms with van der Waals surface area (Å²) in [6.07, 6.45) is 2.09. The Morgan fingerprint density at radius 2 is 2.04 bits per heavy atom. The zero-order valence-electron chi connectivity index (χ0n) is 13.5. The molecule has 4 nitrogen and oxygen atoms in total. The van der Waals surface area contributed by atoms with E-state index < -0.39 is 0 Å². The van der Waals surface area contributed by atoms with Crippen LogP contribution in [-0.2, 0) is 4.74 Å². The molecule has 0 N–H and O–H groups in total. The lowest BCUT2D eigenvalue weighted by molar-refractivity contribution is 0.0917. The summed E-state index contributed by atoms with van der Waals surface area (Å²) in [4.78, 5) is 19.7. The van der Waals surface area contributed by atoms with Gasteiger partial charge in [0.2, 0.25) is 0 Å². The van der Waals surface area contributed by atoms with Gasteiger partial charge in [-0.05, 0) is 53.0 Å². The van der Waals surface area contributed by atoms with Gasteiger partial charge in [-0.1, -0.05) is 35.6 Å². The number of aromatic nitrogens is 1. The van der Waals surface area contributed by atoms with Gasteiger partial charge in [0, 0.05) is 11.1 Å². The van der Waals surface area contributed by atoms with E-state index in [1.165, 1.54) is 0 Å². The van der Waals surface area contributed by atoms with Gasteiger partial charge in [-0.3, -0.25) is 9.69 Å². The minimum atomic E-state index is -0.0537. The lowest BCUT2D eigenvalue weighted by Crippen LogP contribution is -2.37. The number of rotatable bonds is 4. The topological polar surface area (TPSA) is 42.4 Å². The zero-order chi connectivity index (χ0) is 17.2. The first-order valence-corrected chi connectivity index (χ1v) is 9.87. The van der Waals surface area contributed by atoms with Crippen molar-refractivity contribution in [2.75, 3.05) is 18.1 Å². The second-order valence-corrected chi connectivity index (χ2v) is 7.86. The number of hydrogen-bond donors (Lipinski definition) is 0. The molecule has 1 amide bonds. The van der Waals surface area contributed by atoms with Crippen LogP contribution in [0.2, 0.25) is 0 Å². The molecule has 0 radical (unpaired) electrons. The van der Waals surface area contributed by atoms with Crippen LogP contribution in [0.25, 0.3) is 10.2 Å².